The van der Waals surface area contributed by atoms with Gasteiger partial charge in [0.15, 0.2) is 0 Å². The van der Waals surface area contributed by atoms with E-state index in [0.29, 0.717) is 13.2 Å². The first-order chi connectivity index (χ1) is 9.33. The summed E-state index contributed by atoms with van der Waals surface area (Å²) < 4.78 is 15.7. The van der Waals surface area contributed by atoms with E-state index in [0.717, 1.165) is 45.7 Å². The Morgan fingerprint density at radius 1 is 1.15 bits per heavy atom. The van der Waals surface area contributed by atoms with Gasteiger partial charge in [-0.3, -0.25) is 4.90 Å². The summed E-state index contributed by atoms with van der Waals surface area (Å²) in [6.07, 6.45) is 4.47. The van der Waals surface area contributed by atoms with Crippen molar-refractivity contribution in [3.8, 4) is 0 Å². The van der Waals surface area contributed by atoms with E-state index in [1.165, 1.54) is 12.8 Å². The summed E-state index contributed by atoms with van der Waals surface area (Å²) >= 11 is 0. The second-order valence-corrected chi connectivity index (χ2v) is 4.79. The quantitative estimate of drug-likeness (QED) is 0.455. The van der Waals surface area contributed by atoms with Crippen LogP contribution in [0.1, 0.15) is 40.0 Å². The Bertz CT molecular complexity index is 230. The molecule has 0 atom stereocenters. The van der Waals surface area contributed by atoms with Gasteiger partial charge < -0.3 is 14.2 Å². The molecular formula is C15H31NO4. The summed E-state index contributed by atoms with van der Waals surface area (Å²) in [5.41, 5.74) is 0. The van der Waals surface area contributed by atoms with E-state index in [4.69, 9.17) is 14.2 Å². The molecule has 5 heteroatoms. The van der Waals surface area contributed by atoms with Gasteiger partial charge in [-0.25, -0.2) is 4.79 Å². The van der Waals surface area contributed by atoms with Gasteiger partial charge in [0.1, 0.15) is 6.61 Å². The van der Waals surface area contributed by atoms with Crippen LogP contribution in [0.4, 0.5) is 0 Å². The molecule has 0 radical (unpaired) electrons. The molecule has 1 aliphatic rings. The number of carbonyl (C=O) groups is 1. The zero-order valence-corrected chi connectivity index (χ0v) is 12.1. The van der Waals surface area contributed by atoms with Crippen molar-refractivity contribution in [3.05, 3.63) is 0 Å². The number of esters is 1. The van der Waals surface area contributed by atoms with Crippen LogP contribution in [0.2, 0.25) is 0 Å². The third-order valence-electron chi connectivity index (χ3n) is 3.14. The minimum absolute atomic E-state index is 0. The van der Waals surface area contributed by atoms with Gasteiger partial charge in [0.05, 0.1) is 26.4 Å². The Morgan fingerprint density at radius 3 is 2.60 bits per heavy atom. The first kappa shape index (κ1) is 19.4. The fraction of sp³-hybridized carbons (Fsp3) is 0.933. The fourth-order valence-corrected chi connectivity index (χ4v) is 1.93. The molecule has 20 heavy (non-hydrogen) atoms. The highest BCUT2D eigenvalue weighted by molar-refractivity contribution is 5.70. The largest absolute Gasteiger partial charge is 0.464 e. The predicted octanol–water partition coefficient (Wildman–Crippen LogP) is 2.09. The molecule has 1 saturated heterocycles. The summed E-state index contributed by atoms with van der Waals surface area (Å²) in [5.74, 6) is -0.251. The SMILES string of the molecule is C.CCCCCCOC(=O)COCCN1CCOCC1. The molecule has 0 aromatic rings. The van der Waals surface area contributed by atoms with Crippen LogP contribution in [-0.4, -0.2) is 63.5 Å². The molecule has 1 heterocycles. The average Bonchev–Trinajstić information content (AvgIpc) is 2.44. The molecule has 1 rings (SSSR count). The maximum absolute atomic E-state index is 11.3. The minimum atomic E-state index is -0.251. The van der Waals surface area contributed by atoms with Crippen LogP contribution in [0.25, 0.3) is 0 Å². The maximum atomic E-state index is 11.3. The van der Waals surface area contributed by atoms with Crippen LogP contribution in [0.3, 0.4) is 0 Å². The third-order valence-corrected chi connectivity index (χ3v) is 3.14. The van der Waals surface area contributed by atoms with Gasteiger partial charge in [0.25, 0.3) is 0 Å². The molecule has 0 aliphatic carbocycles. The molecule has 0 amide bonds. The second kappa shape index (κ2) is 13.3. The molecule has 120 valence electrons. The normalized spacial score (nSPS) is 15.7. The van der Waals surface area contributed by atoms with Crippen LogP contribution in [0, 0.1) is 0 Å². The average molecular weight is 289 g/mol. The van der Waals surface area contributed by atoms with Crippen molar-refractivity contribution < 1.29 is 19.0 Å². The highest BCUT2D eigenvalue weighted by Gasteiger charge is 2.10. The van der Waals surface area contributed by atoms with Crippen molar-refractivity contribution in [3.63, 3.8) is 0 Å². The van der Waals surface area contributed by atoms with Crippen molar-refractivity contribution in [2.24, 2.45) is 0 Å². The molecule has 0 saturated carbocycles. The summed E-state index contributed by atoms with van der Waals surface area (Å²) in [7, 11) is 0. The van der Waals surface area contributed by atoms with Crippen LogP contribution in [0.15, 0.2) is 0 Å². The van der Waals surface area contributed by atoms with E-state index < -0.39 is 0 Å². The Balaban J connectivity index is 0.00000361. The molecule has 5 nitrogen and oxygen atoms in total. The summed E-state index contributed by atoms with van der Waals surface area (Å²) in [5, 5.41) is 0. The summed E-state index contributed by atoms with van der Waals surface area (Å²) in [4.78, 5) is 13.6. The van der Waals surface area contributed by atoms with Gasteiger partial charge in [-0.05, 0) is 6.42 Å². The van der Waals surface area contributed by atoms with Gasteiger partial charge in [-0.15, -0.1) is 0 Å². The summed E-state index contributed by atoms with van der Waals surface area (Å²) in [6.45, 7) is 7.66. The highest BCUT2D eigenvalue weighted by atomic mass is 16.6. The van der Waals surface area contributed by atoms with E-state index in [9.17, 15) is 4.79 Å². The maximum Gasteiger partial charge on any atom is 0.332 e. The van der Waals surface area contributed by atoms with E-state index >= 15 is 0 Å². The molecule has 0 aromatic heterocycles. The monoisotopic (exact) mass is 289 g/mol. The van der Waals surface area contributed by atoms with Crippen LogP contribution in [-0.2, 0) is 19.0 Å². The number of carbonyl (C=O) groups excluding carboxylic acids is 1. The lowest BCUT2D eigenvalue weighted by molar-refractivity contribution is -0.149. The molecule has 0 aromatic carbocycles. The van der Waals surface area contributed by atoms with Gasteiger partial charge in [0.2, 0.25) is 0 Å². The van der Waals surface area contributed by atoms with E-state index in [2.05, 4.69) is 11.8 Å². The fourth-order valence-electron chi connectivity index (χ4n) is 1.93. The number of rotatable bonds is 10. The third kappa shape index (κ3) is 10.2. The molecule has 0 bridgehead atoms. The summed E-state index contributed by atoms with van der Waals surface area (Å²) in [6, 6.07) is 0. The molecule has 1 fully saturated rings. The number of ether oxygens (including phenoxy) is 3. The Morgan fingerprint density at radius 2 is 1.90 bits per heavy atom. The molecule has 0 N–H and O–H groups in total. The standard InChI is InChI=1S/C14H27NO4.CH4/c1-2-3-4-5-9-19-14(16)13-18-12-8-15-6-10-17-11-7-15;/h2-13H2,1H3;1H4. The second-order valence-electron chi connectivity index (χ2n) is 4.79. The lowest BCUT2D eigenvalue weighted by Crippen LogP contribution is -2.38. The lowest BCUT2D eigenvalue weighted by Gasteiger charge is -2.26. The predicted molar refractivity (Wildman–Crippen MR) is 79.9 cm³/mol. The number of morpholine rings is 1. The Kier molecular flexibility index (Phi) is 12.9. The topological polar surface area (TPSA) is 48.0 Å². The van der Waals surface area contributed by atoms with Crippen molar-refractivity contribution in [1.29, 1.82) is 0 Å². The smallest absolute Gasteiger partial charge is 0.332 e. The van der Waals surface area contributed by atoms with Gasteiger partial charge >= 0.3 is 5.97 Å². The first-order valence-corrected chi connectivity index (χ1v) is 7.36. The number of nitrogens with zero attached hydrogens (tertiary/aromatic N) is 1. The van der Waals surface area contributed by atoms with E-state index in [-0.39, 0.29) is 20.0 Å². The zero-order valence-electron chi connectivity index (χ0n) is 12.1. The Labute approximate surface area is 123 Å². The van der Waals surface area contributed by atoms with Crippen molar-refractivity contribution >= 4 is 5.97 Å². The van der Waals surface area contributed by atoms with Gasteiger partial charge in [-0.2, -0.15) is 0 Å². The van der Waals surface area contributed by atoms with Crippen LogP contribution in [0.5, 0.6) is 0 Å². The van der Waals surface area contributed by atoms with Crippen molar-refractivity contribution in [2.45, 2.75) is 40.0 Å². The Hall–Kier alpha value is -0.650. The van der Waals surface area contributed by atoms with Crippen molar-refractivity contribution in [2.75, 3.05) is 52.7 Å². The molecule has 0 spiro atoms. The van der Waals surface area contributed by atoms with Gasteiger partial charge in [-0.1, -0.05) is 33.6 Å². The molecular weight excluding hydrogens is 258 g/mol. The van der Waals surface area contributed by atoms with E-state index in [1.54, 1.807) is 0 Å². The first-order valence-electron chi connectivity index (χ1n) is 7.36. The van der Waals surface area contributed by atoms with Crippen molar-refractivity contribution in [1.82, 2.24) is 4.90 Å². The van der Waals surface area contributed by atoms with E-state index in [1.807, 2.05) is 0 Å². The van der Waals surface area contributed by atoms with Gasteiger partial charge in [0, 0.05) is 19.6 Å². The molecule has 0 unspecified atom stereocenters. The van der Waals surface area contributed by atoms with Crippen LogP contribution < -0.4 is 0 Å². The molecule has 1 aliphatic heterocycles. The minimum Gasteiger partial charge on any atom is -0.464 e. The number of unbranched alkanes of at least 4 members (excludes halogenated alkanes) is 3. The van der Waals surface area contributed by atoms with Crippen LogP contribution >= 0.6 is 0 Å². The number of hydrogen-bond donors (Lipinski definition) is 0. The number of hydrogen-bond acceptors (Lipinski definition) is 5. The lowest BCUT2D eigenvalue weighted by atomic mass is 10.2. The zero-order chi connectivity index (χ0) is 13.8. The highest BCUT2D eigenvalue weighted by Crippen LogP contribution is 1.99.